The highest BCUT2D eigenvalue weighted by atomic mass is 35.5. The van der Waals surface area contributed by atoms with Crippen LogP contribution in [-0.4, -0.2) is 27.5 Å². The molecule has 1 aromatic heterocycles. The molecule has 1 fully saturated rings. The minimum absolute atomic E-state index is 0.145. The first-order valence-corrected chi connectivity index (χ1v) is 8.35. The predicted molar refractivity (Wildman–Crippen MR) is 87.1 cm³/mol. The first-order chi connectivity index (χ1) is 11.1. The zero-order valence-corrected chi connectivity index (χ0v) is 13.9. The van der Waals surface area contributed by atoms with Crippen molar-refractivity contribution in [3.63, 3.8) is 0 Å². The molecule has 0 N–H and O–H groups in total. The molecule has 0 radical (unpaired) electrons. The van der Waals surface area contributed by atoms with Crippen LogP contribution in [0.1, 0.15) is 49.0 Å². The molecule has 1 unspecified atom stereocenters. The molecule has 1 saturated heterocycles. The van der Waals surface area contributed by atoms with Gasteiger partial charge in [-0.25, -0.2) is 0 Å². The van der Waals surface area contributed by atoms with E-state index in [0.29, 0.717) is 29.6 Å². The molecule has 1 aliphatic heterocycles. The Morgan fingerprint density at radius 2 is 2.35 bits per heavy atom. The van der Waals surface area contributed by atoms with E-state index in [9.17, 15) is 4.79 Å². The zero-order valence-electron chi connectivity index (χ0n) is 13.2. The van der Waals surface area contributed by atoms with Gasteiger partial charge in [0.25, 0.3) is 0 Å². The Balaban J connectivity index is 1.57. The fourth-order valence-electron chi connectivity index (χ4n) is 3.10. The molecule has 5 nitrogen and oxygen atoms in total. The quantitative estimate of drug-likeness (QED) is 0.836. The molecule has 3 rings (SSSR count). The van der Waals surface area contributed by atoms with Crippen LogP contribution in [0, 0.1) is 6.92 Å². The van der Waals surface area contributed by atoms with Crippen molar-refractivity contribution in [2.45, 2.75) is 45.1 Å². The summed E-state index contributed by atoms with van der Waals surface area (Å²) in [6.07, 6.45) is 3.89. The second-order valence-corrected chi connectivity index (χ2v) is 6.33. The number of carbonyl (C=O) groups excluding carboxylic acids is 1. The molecular formula is C17H20ClN3O2. The van der Waals surface area contributed by atoms with Gasteiger partial charge >= 0.3 is 0 Å². The number of benzene rings is 1. The van der Waals surface area contributed by atoms with Crippen molar-refractivity contribution in [3.05, 3.63) is 46.6 Å². The van der Waals surface area contributed by atoms with Gasteiger partial charge < -0.3 is 9.42 Å². The summed E-state index contributed by atoms with van der Waals surface area (Å²) in [6.45, 7) is 2.60. The van der Waals surface area contributed by atoms with Gasteiger partial charge in [-0.2, -0.15) is 4.98 Å². The fourth-order valence-corrected chi connectivity index (χ4v) is 3.30. The van der Waals surface area contributed by atoms with Crippen LogP contribution < -0.4 is 0 Å². The number of hydrogen-bond acceptors (Lipinski definition) is 4. The summed E-state index contributed by atoms with van der Waals surface area (Å²) in [6, 6.07) is 7.95. The van der Waals surface area contributed by atoms with Crippen LogP contribution in [0.25, 0.3) is 0 Å². The lowest BCUT2D eigenvalue weighted by atomic mass is 10.0. The Morgan fingerprint density at radius 1 is 1.48 bits per heavy atom. The van der Waals surface area contributed by atoms with Crippen LogP contribution in [-0.2, 0) is 11.2 Å². The molecule has 6 heteroatoms. The molecule has 0 bridgehead atoms. The number of hydrogen-bond donors (Lipinski definition) is 0. The molecular weight excluding hydrogens is 314 g/mol. The predicted octanol–water partition coefficient (Wildman–Crippen LogP) is 3.72. The Labute approximate surface area is 140 Å². The number of rotatable bonds is 5. The van der Waals surface area contributed by atoms with E-state index in [4.69, 9.17) is 16.1 Å². The minimum atomic E-state index is 0.145. The van der Waals surface area contributed by atoms with E-state index < -0.39 is 0 Å². The Morgan fingerprint density at radius 3 is 3.09 bits per heavy atom. The third kappa shape index (κ3) is 3.91. The monoisotopic (exact) mass is 333 g/mol. The average molecular weight is 334 g/mol. The van der Waals surface area contributed by atoms with E-state index in [2.05, 4.69) is 10.1 Å². The summed E-state index contributed by atoms with van der Waals surface area (Å²) in [5, 5.41) is 4.47. The van der Waals surface area contributed by atoms with Crippen molar-refractivity contribution >= 4 is 17.5 Å². The number of aromatic nitrogens is 2. The number of halogens is 1. The molecule has 1 amide bonds. The van der Waals surface area contributed by atoms with Gasteiger partial charge in [-0.05, 0) is 43.9 Å². The van der Waals surface area contributed by atoms with Gasteiger partial charge in [0.2, 0.25) is 11.8 Å². The molecule has 1 aromatic carbocycles. The van der Waals surface area contributed by atoms with E-state index in [1.165, 1.54) is 0 Å². The van der Waals surface area contributed by atoms with Crippen LogP contribution in [0.15, 0.2) is 28.8 Å². The van der Waals surface area contributed by atoms with Gasteiger partial charge in [-0.15, -0.1) is 0 Å². The van der Waals surface area contributed by atoms with Crippen molar-refractivity contribution in [2.75, 3.05) is 6.54 Å². The standard InChI is InChI=1S/C17H20ClN3O2/c1-12-19-16(23-20-12)8-3-9-17(22)21-10-4-7-15(21)13-5-2-6-14(18)11-13/h2,5-6,11,15H,3-4,7-10H2,1H3. The zero-order chi connectivity index (χ0) is 16.2. The molecule has 2 heterocycles. The Bertz CT molecular complexity index is 686. The highest BCUT2D eigenvalue weighted by molar-refractivity contribution is 6.30. The van der Waals surface area contributed by atoms with Gasteiger partial charge in [0.1, 0.15) is 0 Å². The van der Waals surface area contributed by atoms with Gasteiger partial charge in [0.05, 0.1) is 6.04 Å². The van der Waals surface area contributed by atoms with E-state index >= 15 is 0 Å². The van der Waals surface area contributed by atoms with E-state index in [1.54, 1.807) is 6.92 Å². The summed E-state index contributed by atoms with van der Waals surface area (Å²) in [7, 11) is 0. The van der Waals surface area contributed by atoms with Gasteiger partial charge in [-0.1, -0.05) is 28.9 Å². The number of likely N-dealkylation sites (tertiary alicyclic amines) is 1. The molecule has 122 valence electrons. The second-order valence-electron chi connectivity index (χ2n) is 5.89. The maximum atomic E-state index is 12.5. The van der Waals surface area contributed by atoms with Crippen molar-refractivity contribution in [3.8, 4) is 0 Å². The normalized spacial score (nSPS) is 17.7. The summed E-state index contributed by atoms with van der Waals surface area (Å²) in [5.41, 5.74) is 1.12. The van der Waals surface area contributed by atoms with Crippen molar-refractivity contribution in [1.82, 2.24) is 15.0 Å². The maximum absolute atomic E-state index is 12.5. The molecule has 2 aromatic rings. The summed E-state index contributed by atoms with van der Waals surface area (Å²) >= 11 is 6.08. The highest BCUT2D eigenvalue weighted by Crippen LogP contribution is 2.33. The first-order valence-electron chi connectivity index (χ1n) is 7.97. The minimum Gasteiger partial charge on any atom is -0.339 e. The Kier molecular flexibility index (Phi) is 4.96. The smallest absolute Gasteiger partial charge is 0.226 e. The summed E-state index contributed by atoms with van der Waals surface area (Å²) in [4.78, 5) is 18.7. The van der Waals surface area contributed by atoms with Crippen LogP contribution in [0.3, 0.4) is 0 Å². The Hall–Kier alpha value is -1.88. The highest BCUT2D eigenvalue weighted by Gasteiger charge is 2.29. The van der Waals surface area contributed by atoms with Crippen molar-refractivity contribution in [2.24, 2.45) is 0 Å². The summed E-state index contributed by atoms with van der Waals surface area (Å²) < 4.78 is 5.07. The molecule has 0 spiro atoms. The second kappa shape index (κ2) is 7.13. The third-order valence-corrected chi connectivity index (χ3v) is 4.39. The molecule has 23 heavy (non-hydrogen) atoms. The fraction of sp³-hybridized carbons (Fsp3) is 0.471. The lowest BCUT2D eigenvalue weighted by Crippen LogP contribution is -2.30. The number of nitrogens with zero attached hydrogens (tertiary/aromatic N) is 3. The van der Waals surface area contributed by atoms with Gasteiger partial charge in [0.15, 0.2) is 5.82 Å². The van der Waals surface area contributed by atoms with E-state index in [1.807, 2.05) is 29.2 Å². The van der Waals surface area contributed by atoms with Crippen LogP contribution in [0.2, 0.25) is 5.02 Å². The van der Waals surface area contributed by atoms with Crippen LogP contribution >= 0.6 is 11.6 Å². The lowest BCUT2D eigenvalue weighted by Gasteiger charge is -2.25. The molecule has 1 aliphatic rings. The average Bonchev–Trinajstić information content (AvgIpc) is 3.16. The van der Waals surface area contributed by atoms with E-state index in [0.717, 1.165) is 31.4 Å². The van der Waals surface area contributed by atoms with Gasteiger partial charge in [0, 0.05) is 24.4 Å². The molecule has 0 aliphatic carbocycles. The largest absolute Gasteiger partial charge is 0.339 e. The number of aryl methyl sites for hydroxylation is 2. The van der Waals surface area contributed by atoms with Crippen molar-refractivity contribution < 1.29 is 9.32 Å². The lowest BCUT2D eigenvalue weighted by molar-refractivity contribution is -0.132. The molecule has 1 atom stereocenters. The van der Waals surface area contributed by atoms with Crippen molar-refractivity contribution in [1.29, 1.82) is 0 Å². The summed E-state index contributed by atoms with van der Waals surface area (Å²) in [5.74, 6) is 1.42. The number of amides is 1. The third-order valence-electron chi connectivity index (χ3n) is 4.16. The SMILES string of the molecule is Cc1noc(CCCC(=O)N2CCCC2c2cccc(Cl)c2)n1. The van der Waals surface area contributed by atoms with Gasteiger partial charge in [-0.3, -0.25) is 4.79 Å². The number of carbonyl (C=O) groups is 1. The van der Waals surface area contributed by atoms with E-state index in [-0.39, 0.29) is 11.9 Å². The van der Waals surface area contributed by atoms with Crippen LogP contribution in [0.5, 0.6) is 0 Å². The molecule has 0 saturated carbocycles. The van der Waals surface area contributed by atoms with Crippen LogP contribution in [0.4, 0.5) is 0 Å². The first kappa shape index (κ1) is 16.0. The maximum Gasteiger partial charge on any atom is 0.226 e. The topological polar surface area (TPSA) is 59.2 Å².